The zero-order valence-corrected chi connectivity index (χ0v) is 12.4. The second-order valence-corrected chi connectivity index (χ2v) is 6.87. The molecule has 0 aliphatic carbocycles. The summed E-state index contributed by atoms with van der Waals surface area (Å²) in [6.07, 6.45) is -2.59. The molecule has 0 aliphatic rings. The van der Waals surface area contributed by atoms with Gasteiger partial charge in [-0.05, 0) is 23.8 Å². The third-order valence-electron chi connectivity index (χ3n) is 3.01. The molecule has 0 unspecified atom stereocenters. The van der Waals surface area contributed by atoms with Crippen molar-refractivity contribution in [2.75, 3.05) is 12.0 Å². The second kappa shape index (κ2) is 5.60. The number of sulfone groups is 1. The molecule has 1 aromatic carbocycles. The summed E-state index contributed by atoms with van der Waals surface area (Å²) in [6, 6.07) is 7.30. The first-order chi connectivity index (χ1) is 10.1. The van der Waals surface area contributed by atoms with Gasteiger partial charge in [0, 0.05) is 30.3 Å². The van der Waals surface area contributed by atoms with E-state index >= 15 is 0 Å². The van der Waals surface area contributed by atoms with Gasteiger partial charge in [0.05, 0.1) is 10.5 Å². The molecule has 0 spiro atoms. The summed E-state index contributed by atoms with van der Waals surface area (Å²) in [4.78, 5) is 3.89. The van der Waals surface area contributed by atoms with E-state index in [0.29, 0.717) is 17.5 Å². The van der Waals surface area contributed by atoms with Crippen LogP contribution in [0, 0.1) is 0 Å². The van der Waals surface area contributed by atoms with Crippen molar-refractivity contribution >= 4 is 15.5 Å². The highest BCUT2D eigenvalue weighted by atomic mass is 32.2. The molecule has 118 valence electrons. The standard InChI is InChI=1S/C14H13F3N2O2S/c1-22(20,21)11-4-2-3-9(6-11)5-10-7-13(18)12(8-19-10)14(15,16)17/h2-4,6-8H,5H2,1H3,(H2,18,19). The first-order valence-corrected chi connectivity index (χ1v) is 8.07. The van der Waals surface area contributed by atoms with Crippen LogP contribution in [0.3, 0.4) is 0 Å². The number of aromatic nitrogens is 1. The van der Waals surface area contributed by atoms with Gasteiger partial charge < -0.3 is 5.73 Å². The number of nitrogens with zero attached hydrogens (tertiary/aromatic N) is 1. The van der Waals surface area contributed by atoms with Gasteiger partial charge in [0.15, 0.2) is 9.84 Å². The Morgan fingerprint density at radius 2 is 1.91 bits per heavy atom. The Morgan fingerprint density at radius 3 is 2.45 bits per heavy atom. The minimum absolute atomic E-state index is 0.143. The third kappa shape index (κ3) is 3.76. The Hall–Kier alpha value is -2.09. The van der Waals surface area contributed by atoms with Crippen LogP contribution in [-0.4, -0.2) is 19.7 Å². The Labute approximate surface area is 125 Å². The van der Waals surface area contributed by atoms with Gasteiger partial charge in [0.1, 0.15) is 0 Å². The first-order valence-electron chi connectivity index (χ1n) is 6.18. The molecule has 1 heterocycles. The highest BCUT2D eigenvalue weighted by Crippen LogP contribution is 2.33. The van der Waals surface area contributed by atoms with Gasteiger partial charge in [-0.25, -0.2) is 8.42 Å². The van der Waals surface area contributed by atoms with Gasteiger partial charge in [-0.2, -0.15) is 13.2 Å². The van der Waals surface area contributed by atoms with Crippen molar-refractivity contribution in [2.45, 2.75) is 17.5 Å². The van der Waals surface area contributed by atoms with Crippen LogP contribution in [0.15, 0.2) is 41.4 Å². The maximum atomic E-state index is 12.6. The van der Waals surface area contributed by atoms with Crippen molar-refractivity contribution in [2.24, 2.45) is 0 Å². The summed E-state index contributed by atoms with van der Waals surface area (Å²) in [5.41, 5.74) is 4.96. The van der Waals surface area contributed by atoms with Gasteiger partial charge in [-0.15, -0.1) is 0 Å². The lowest BCUT2D eigenvalue weighted by molar-refractivity contribution is -0.137. The molecule has 0 saturated carbocycles. The SMILES string of the molecule is CS(=O)(=O)c1cccc(Cc2cc(N)c(C(F)(F)F)cn2)c1. The van der Waals surface area contributed by atoms with Crippen LogP contribution in [0.5, 0.6) is 0 Å². The van der Waals surface area contributed by atoms with E-state index in [-0.39, 0.29) is 11.3 Å². The molecular formula is C14H13F3N2O2S. The lowest BCUT2D eigenvalue weighted by atomic mass is 10.1. The van der Waals surface area contributed by atoms with Crippen LogP contribution >= 0.6 is 0 Å². The molecule has 0 radical (unpaired) electrons. The van der Waals surface area contributed by atoms with Crippen molar-refractivity contribution in [1.82, 2.24) is 4.98 Å². The summed E-state index contributed by atoms with van der Waals surface area (Å²) >= 11 is 0. The van der Waals surface area contributed by atoms with E-state index in [1.807, 2.05) is 0 Å². The molecule has 0 atom stereocenters. The number of alkyl halides is 3. The Balaban J connectivity index is 2.31. The monoisotopic (exact) mass is 330 g/mol. The molecule has 0 saturated heterocycles. The average Bonchev–Trinajstić information content (AvgIpc) is 2.36. The number of nitrogens with two attached hydrogens (primary N) is 1. The molecule has 2 N–H and O–H groups in total. The van der Waals surface area contributed by atoms with Crippen LogP contribution in [0.4, 0.5) is 18.9 Å². The third-order valence-corrected chi connectivity index (χ3v) is 4.12. The molecule has 2 aromatic rings. The van der Waals surface area contributed by atoms with Crippen LogP contribution in [0.1, 0.15) is 16.8 Å². The first kappa shape index (κ1) is 16.3. The molecule has 0 bridgehead atoms. The lowest BCUT2D eigenvalue weighted by Crippen LogP contribution is -2.10. The quantitative estimate of drug-likeness (QED) is 0.939. The highest BCUT2D eigenvalue weighted by Gasteiger charge is 2.33. The highest BCUT2D eigenvalue weighted by molar-refractivity contribution is 7.90. The van der Waals surface area contributed by atoms with Crippen LogP contribution < -0.4 is 5.73 Å². The molecular weight excluding hydrogens is 317 g/mol. The zero-order chi connectivity index (χ0) is 16.5. The lowest BCUT2D eigenvalue weighted by Gasteiger charge is -2.11. The van der Waals surface area contributed by atoms with E-state index < -0.39 is 27.3 Å². The number of pyridine rings is 1. The zero-order valence-electron chi connectivity index (χ0n) is 11.6. The Morgan fingerprint density at radius 1 is 1.23 bits per heavy atom. The van der Waals surface area contributed by atoms with E-state index in [9.17, 15) is 21.6 Å². The summed E-state index contributed by atoms with van der Waals surface area (Å²) in [7, 11) is -3.35. The minimum atomic E-state index is -4.55. The smallest absolute Gasteiger partial charge is 0.398 e. The number of rotatable bonds is 3. The minimum Gasteiger partial charge on any atom is -0.398 e. The number of benzene rings is 1. The molecule has 22 heavy (non-hydrogen) atoms. The Bertz CT molecular complexity index is 802. The molecule has 0 amide bonds. The normalized spacial score (nSPS) is 12.4. The second-order valence-electron chi connectivity index (χ2n) is 4.86. The number of hydrogen-bond donors (Lipinski definition) is 1. The van der Waals surface area contributed by atoms with E-state index in [2.05, 4.69) is 4.98 Å². The van der Waals surface area contributed by atoms with Crippen molar-refractivity contribution in [3.05, 3.63) is 53.3 Å². The van der Waals surface area contributed by atoms with Crippen molar-refractivity contribution < 1.29 is 21.6 Å². The maximum absolute atomic E-state index is 12.6. The maximum Gasteiger partial charge on any atom is 0.419 e. The van der Waals surface area contributed by atoms with Gasteiger partial charge in [0.2, 0.25) is 0 Å². The van der Waals surface area contributed by atoms with E-state index in [4.69, 9.17) is 5.73 Å². The Kier molecular flexibility index (Phi) is 4.15. The van der Waals surface area contributed by atoms with Crippen molar-refractivity contribution in [1.29, 1.82) is 0 Å². The summed E-state index contributed by atoms with van der Waals surface area (Å²) in [5, 5.41) is 0. The van der Waals surface area contributed by atoms with Crippen LogP contribution in [-0.2, 0) is 22.4 Å². The van der Waals surface area contributed by atoms with E-state index in [1.54, 1.807) is 12.1 Å². The largest absolute Gasteiger partial charge is 0.419 e. The topological polar surface area (TPSA) is 73.0 Å². The fourth-order valence-corrected chi connectivity index (χ4v) is 2.64. The molecule has 0 fully saturated rings. The summed E-state index contributed by atoms with van der Waals surface area (Å²) < 4.78 is 60.8. The van der Waals surface area contributed by atoms with Gasteiger partial charge in [0.25, 0.3) is 0 Å². The molecule has 2 rings (SSSR count). The van der Waals surface area contributed by atoms with Gasteiger partial charge in [-0.1, -0.05) is 12.1 Å². The van der Waals surface area contributed by atoms with E-state index in [0.717, 1.165) is 12.3 Å². The fraction of sp³-hybridized carbons (Fsp3) is 0.214. The van der Waals surface area contributed by atoms with E-state index in [1.165, 1.54) is 12.1 Å². The van der Waals surface area contributed by atoms with Gasteiger partial charge in [-0.3, -0.25) is 4.98 Å². The number of nitrogen functional groups attached to an aromatic ring is 1. The molecule has 4 nitrogen and oxygen atoms in total. The van der Waals surface area contributed by atoms with Crippen LogP contribution in [0.25, 0.3) is 0 Å². The predicted octanol–water partition coefficient (Wildman–Crippen LogP) is 2.68. The fourth-order valence-electron chi connectivity index (χ4n) is 1.95. The number of hydrogen-bond acceptors (Lipinski definition) is 4. The molecule has 8 heteroatoms. The number of anilines is 1. The van der Waals surface area contributed by atoms with Crippen molar-refractivity contribution in [3.8, 4) is 0 Å². The van der Waals surface area contributed by atoms with Crippen LogP contribution in [0.2, 0.25) is 0 Å². The molecule has 1 aromatic heterocycles. The molecule has 0 aliphatic heterocycles. The number of halogens is 3. The van der Waals surface area contributed by atoms with Crippen molar-refractivity contribution in [3.63, 3.8) is 0 Å². The summed E-state index contributed by atoms with van der Waals surface area (Å²) in [6.45, 7) is 0. The predicted molar refractivity (Wildman–Crippen MR) is 76.0 cm³/mol. The van der Waals surface area contributed by atoms with Gasteiger partial charge >= 0.3 is 6.18 Å². The average molecular weight is 330 g/mol. The summed E-state index contributed by atoms with van der Waals surface area (Å²) in [5.74, 6) is 0.